The molecular weight excluding hydrogens is 302 g/mol. The Bertz CT molecular complexity index is 705. The van der Waals surface area contributed by atoms with Crippen LogP contribution in [0.2, 0.25) is 0 Å². The zero-order valence-corrected chi connectivity index (χ0v) is 14.3. The third-order valence-electron chi connectivity index (χ3n) is 4.84. The third kappa shape index (κ3) is 2.99. The second-order valence-corrected chi connectivity index (χ2v) is 6.09. The van der Waals surface area contributed by atoms with Crippen molar-refractivity contribution in [3.63, 3.8) is 0 Å². The number of carbonyl (C=O) groups excluding carboxylic acids is 1. The molecular formula is C19H23N3O2. The molecule has 0 radical (unpaired) electrons. The second-order valence-electron chi connectivity index (χ2n) is 6.09. The number of methoxy groups -OCH3 is 1. The Morgan fingerprint density at radius 3 is 2.67 bits per heavy atom. The van der Waals surface area contributed by atoms with Crippen LogP contribution in [0.3, 0.4) is 0 Å². The van der Waals surface area contributed by atoms with Crippen LogP contribution in [-0.4, -0.2) is 42.5 Å². The van der Waals surface area contributed by atoms with Gasteiger partial charge in [0, 0.05) is 25.0 Å². The first-order valence-corrected chi connectivity index (χ1v) is 8.19. The Hall–Kier alpha value is -2.40. The summed E-state index contributed by atoms with van der Waals surface area (Å²) in [6.45, 7) is 2.83. The van der Waals surface area contributed by atoms with E-state index >= 15 is 0 Å². The number of anilines is 1. The quantitative estimate of drug-likeness (QED) is 0.848. The molecule has 1 aliphatic heterocycles. The van der Waals surface area contributed by atoms with E-state index in [4.69, 9.17) is 4.74 Å². The first-order valence-electron chi connectivity index (χ1n) is 8.19. The number of carbonyl (C=O) groups is 1. The van der Waals surface area contributed by atoms with Gasteiger partial charge >= 0.3 is 0 Å². The van der Waals surface area contributed by atoms with Crippen LogP contribution in [0.25, 0.3) is 0 Å². The molecule has 1 aromatic heterocycles. The topological polar surface area (TPSA) is 45.7 Å². The molecule has 0 aliphatic carbocycles. The highest BCUT2D eigenvalue weighted by Gasteiger charge is 2.37. The van der Waals surface area contributed by atoms with Gasteiger partial charge in [0.15, 0.2) is 0 Å². The molecule has 3 rings (SSSR count). The largest absolute Gasteiger partial charge is 0.495 e. The van der Waals surface area contributed by atoms with Gasteiger partial charge < -0.3 is 9.64 Å². The number of benzene rings is 1. The maximum absolute atomic E-state index is 13.0. The molecule has 2 heterocycles. The van der Waals surface area contributed by atoms with Crippen molar-refractivity contribution in [2.24, 2.45) is 0 Å². The van der Waals surface area contributed by atoms with Crippen LogP contribution in [0.5, 0.6) is 5.75 Å². The van der Waals surface area contributed by atoms with Crippen molar-refractivity contribution in [3.8, 4) is 5.75 Å². The van der Waals surface area contributed by atoms with E-state index in [1.165, 1.54) is 0 Å². The van der Waals surface area contributed by atoms with Crippen molar-refractivity contribution in [2.75, 3.05) is 25.6 Å². The monoisotopic (exact) mass is 325 g/mol. The van der Waals surface area contributed by atoms with E-state index in [2.05, 4.69) is 16.8 Å². The zero-order chi connectivity index (χ0) is 17.1. The number of pyridine rings is 1. The zero-order valence-electron chi connectivity index (χ0n) is 14.3. The van der Waals surface area contributed by atoms with Crippen molar-refractivity contribution in [2.45, 2.75) is 25.4 Å². The first-order chi connectivity index (χ1) is 11.6. The third-order valence-corrected chi connectivity index (χ3v) is 4.84. The van der Waals surface area contributed by atoms with Crippen molar-refractivity contribution >= 4 is 11.6 Å². The minimum atomic E-state index is -0.127. The fraction of sp³-hybridized carbons (Fsp3) is 0.368. The lowest BCUT2D eigenvalue weighted by atomic mass is 10.1. The van der Waals surface area contributed by atoms with Crippen molar-refractivity contribution in [1.29, 1.82) is 0 Å². The Morgan fingerprint density at radius 2 is 1.96 bits per heavy atom. The van der Waals surface area contributed by atoms with Crippen LogP contribution in [0.4, 0.5) is 5.69 Å². The van der Waals surface area contributed by atoms with Gasteiger partial charge in [0.1, 0.15) is 5.75 Å². The molecule has 0 spiro atoms. The smallest absolute Gasteiger partial charge is 0.244 e. The van der Waals surface area contributed by atoms with Crippen LogP contribution < -0.4 is 9.64 Å². The molecule has 1 fully saturated rings. The van der Waals surface area contributed by atoms with E-state index in [9.17, 15) is 4.79 Å². The molecule has 1 saturated heterocycles. The maximum atomic E-state index is 13.0. The summed E-state index contributed by atoms with van der Waals surface area (Å²) in [6, 6.07) is 11.7. The van der Waals surface area contributed by atoms with E-state index < -0.39 is 0 Å². The number of likely N-dealkylation sites (N-methyl/N-ethyl adjacent to an activating group) is 1. The van der Waals surface area contributed by atoms with Crippen LogP contribution in [0.15, 0.2) is 48.8 Å². The maximum Gasteiger partial charge on any atom is 0.244 e. The van der Waals surface area contributed by atoms with Gasteiger partial charge in [-0.2, -0.15) is 0 Å². The number of hydrogen-bond donors (Lipinski definition) is 0. The molecule has 126 valence electrons. The molecule has 0 bridgehead atoms. The van der Waals surface area contributed by atoms with Gasteiger partial charge in [0.25, 0.3) is 0 Å². The summed E-state index contributed by atoms with van der Waals surface area (Å²) in [6.07, 6.45) is 4.39. The van der Waals surface area contributed by atoms with Gasteiger partial charge in [-0.25, -0.2) is 0 Å². The van der Waals surface area contributed by atoms with Crippen molar-refractivity contribution in [1.82, 2.24) is 9.88 Å². The lowest BCUT2D eigenvalue weighted by molar-refractivity contribution is -0.121. The standard InChI is InChI=1S/C19H23N3O2/c1-14(15-8-11-20-12-9-15)21(2)17-10-13-22(19(17)23)16-6-4-5-7-18(16)24-3/h4-9,11-12,14,17H,10,13H2,1-3H3/t14-,17-/m1/s1. The molecule has 1 aromatic carbocycles. The Balaban J connectivity index is 1.79. The number of hydrogen-bond acceptors (Lipinski definition) is 4. The molecule has 0 N–H and O–H groups in total. The summed E-state index contributed by atoms with van der Waals surface area (Å²) in [4.78, 5) is 21.0. The van der Waals surface area contributed by atoms with Crippen molar-refractivity contribution < 1.29 is 9.53 Å². The lowest BCUT2D eigenvalue weighted by Gasteiger charge is -2.30. The van der Waals surface area contributed by atoms with E-state index in [0.29, 0.717) is 6.54 Å². The molecule has 1 aliphatic rings. The summed E-state index contributed by atoms with van der Waals surface area (Å²) >= 11 is 0. The highest BCUT2D eigenvalue weighted by Crippen LogP contribution is 2.33. The summed E-state index contributed by atoms with van der Waals surface area (Å²) in [5.74, 6) is 0.860. The average molecular weight is 325 g/mol. The van der Waals surface area contributed by atoms with Crippen LogP contribution in [-0.2, 0) is 4.79 Å². The number of amides is 1. The predicted octanol–water partition coefficient (Wildman–Crippen LogP) is 2.89. The number of ether oxygens (including phenoxy) is 1. The number of nitrogens with zero attached hydrogens (tertiary/aromatic N) is 3. The molecule has 0 saturated carbocycles. The van der Waals surface area contributed by atoms with Gasteiger partial charge in [-0.1, -0.05) is 12.1 Å². The highest BCUT2D eigenvalue weighted by atomic mass is 16.5. The second kappa shape index (κ2) is 7.01. The Kier molecular flexibility index (Phi) is 4.81. The summed E-state index contributed by atoms with van der Waals surface area (Å²) in [5.41, 5.74) is 2.01. The fourth-order valence-electron chi connectivity index (χ4n) is 3.28. The van der Waals surface area contributed by atoms with Crippen molar-refractivity contribution in [3.05, 3.63) is 54.4 Å². The van der Waals surface area contributed by atoms with Crippen LogP contribution >= 0.6 is 0 Å². The average Bonchev–Trinajstić information content (AvgIpc) is 3.02. The van der Waals surface area contributed by atoms with E-state index in [1.54, 1.807) is 19.5 Å². The molecule has 0 unspecified atom stereocenters. The SMILES string of the molecule is COc1ccccc1N1CC[C@@H](N(C)[C@H](C)c2ccncc2)C1=O. The summed E-state index contributed by atoms with van der Waals surface area (Å²) in [7, 11) is 3.65. The van der Waals surface area contributed by atoms with Gasteiger partial charge in [0.05, 0.1) is 18.8 Å². The normalized spacial score (nSPS) is 18.9. The van der Waals surface area contributed by atoms with Crippen LogP contribution in [0.1, 0.15) is 24.9 Å². The minimum Gasteiger partial charge on any atom is -0.495 e. The number of aromatic nitrogens is 1. The Labute approximate surface area is 142 Å². The van der Waals surface area contributed by atoms with E-state index in [1.807, 2.05) is 48.3 Å². The summed E-state index contributed by atoms with van der Waals surface area (Å²) in [5, 5.41) is 0. The number of rotatable bonds is 5. The fourth-order valence-corrected chi connectivity index (χ4v) is 3.28. The highest BCUT2D eigenvalue weighted by molar-refractivity contribution is 6.00. The molecule has 5 heteroatoms. The Morgan fingerprint density at radius 1 is 1.25 bits per heavy atom. The first kappa shape index (κ1) is 16.5. The van der Waals surface area contributed by atoms with Gasteiger partial charge in [-0.3, -0.25) is 14.7 Å². The molecule has 24 heavy (non-hydrogen) atoms. The van der Waals surface area contributed by atoms with Crippen LogP contribution in [0, 0.1) is 0 Å². The van der Waals surface area contributed by atoms with E-state index in [0.717, 1.165) is 23.4 Å². The molecule has 5 nitrogen and oxygen atoms in total. The predicted molar refractivity (Wildman–Crippen MR) is 94.2 cm³/mol. The van der Waals surface area contributed by atoms with E-state index in [-0.39, 0.29) is 18.0 Å². The lowest BCUT2D eigenvalue weighted by Crippen LogP contribution is -2.41. The van der Waals surface area contributed by atoms with Gasteiger partial charge in [0.2, 0.25) is 5.91 Å². The summed E-state index contributed by atoms with van der Waals surface area (Å²) < 4.78 is 5.40. The van der Waals surface area contributed by atoms with Gasteiger partial charge in [-0.05, 0) is 50.2 Å². The minimum absolute atomic E-state index is 0.127. The molecule has 1 amide bonds. The molecule has 2 aromatic rings. The molecule has 2 atom stereocenters. The van der Waals surface area contributed by atoms with Gasteiger partial charge in [-0.15, -0.1) is 0 Å². The number of para-hydroxylation sites is 2.